The maximum absolute atomic E-state index is 12.1. The van der Waals surface area contributed by atoms with Crippen molar-refractivity contribution in [3.8, 4) is 0 Å². The second kappa shape index (κ2) is 5.02. The summed E-state index contributed by atoms with van der Waals surface area (Å²) in [5.74, 6) is 0.724. The van der Waals surface area contributed by atoms with Crippen LogP contribution >= 0.6 is 0 Å². The van der Waals surface area contributed by atoms with Gasteiger partial charge in [-0.3, -0.25) is 0 Å². The highest BCUT2D eigenvalue weighted by molar-refractivity contribution is 5.75. The van der Waals surface area contributed by atoms with E-state index in [1.54, 1.807) is 31.1 Å². The van der Waals surface area contributed by atoms with Crippen LogP contribution in [0.25, 0.3) is 0 Å². The number of amides is 2. The van der Waals surface area contributed by atoms with Crippen molar-refractivity contribution < 1.29 is 14.3 Å². The van der Waals surface area contributed by atoms with Gasteiger partial charge < -0.3 is 19.7 Å². The van der Waals surface area contributed by atoms with Gasteiger partial charge in [-0.05, 0) is 38.8 Å². The molecule has 5 heteroatoms. The van der Waals surface area contributed by atoms with E-state index in [0.29, 0.717) is 13.1 Å². The van der Waals surface area contributed by atoms with Crippen LogP contribution in [0.2, 0.25) is 0 Å². The molecule has 0 aromatic carbocycles. The summed E-state index contributed by atoms with van der Waals surface area (Å²) in [6, 6.07) is 3.35. The number of nitrogens with zero attached hydrogens (tertiary/aromatic N) is 1. The number of urea groups is 1. The van der Waals surface area contributed by atoms with E-state index in [0.717, 1.165) is 18.6 Å². The van der Waals surface area contributed by atoms with E-state index in [9.17, 15) is 9.90 Å². The molecule has 1 saturated heterocycles. The summed E-state index contributed by atoms with van der Waals surface area (Å²) >= 11 is 0. The Labute approximate surface area is 107 Å². The van der Waals surface area contributed by atoms with Crippen LogP contribution in [-0.2, 0) is 6.54 Å². The molecule has 5 nitrogen and oxygen atoms in total. The average molecular weight is 252 g/mol. The largest absolute Gasteiger partial charge is 0.467 e. The number of likely N-dealkylation sites (tertiary alicyclic amines) is 1. The Balaban J connectivity index is 1.92. The van der Waals surface area contributed by atoms with Crippen molar-refractivity contribution >= 4 is 6.03 Å². The number of aliphatic hydroxyl groups is 1. The predicted octanol–water partition coefficient (Wildman–Crippen LogP) is 1.72. The van der Waals surface area contributed by atoms with Gasteiger partial charge in [0.1, 0.15) is 5.76 Å². The molecule has 0 saturated carbocycles. The first-order chi connectivity index (χ1) is 8.48. The lowest BCUT2D eigenvalue weighted by atomic mass is 9.97. The summed E-state index contributed by atoms with van der Waals surface area (Å²) in [6.07, 6.45) is 3.36. The molecule has 18 heavy (non-hydrogen) atoms. The smallest absolute Gasteiger partial charge is 0.318 e. The number of hydrogen-bond acceptors (Lipinski definition) is 3. The Morgan fingerprint density at radius 1 is 1.67 bits per heavy atom. The molecule has 1 atom stereocenters. The number of furan rings is 1. The fourth-order valence-corrected chi connectivity index (χ4v) is 2.42. The van der Waals surface area contributed by atoms with Crippen LogP contribution in [-0.4, -0.2) is 34.2 Å². The quantitative estimate of drug-likeness (QED) is 0.861. The monoisotopic (exact) mass is 252 g/mol. The van der Waals surface area contributed by atoms with Crippen LogP contribution in [0.5, 0.6) is 0 Å². The Bertz CT molecular complexity index is 395. The first-order valence-corrected chi connectivity index (χ1v) is 6.27. The van der Waals surface area contributed by atoms with Crippen LogP contribution in [0.4, 0.5) is 4.79 Å². The van der Waals surface area contributed by atoms with Gasteiger partial charge in [0.05, 0.1) is 24.5 Å². The lowest BCUT2D eigenvalue weighted by Crippen LogP contribution is -2.51. The van der Waals surface area contributed by atoms with Crippen molar-refractivity contribution in [2.75, 3.05) is 6.54 Å². The van der Waals surface area contributed by atoms with Gasteiger partial charge in [0.25, 0.3) is 0 Å². The number of carbonyl (C=O) groups excluding carboxylic acids is 1. The molecule has 1 aromatic heterocycles. The molecule has 0 radical (unpaired) electrons. The summed E-state index contributed by atoms with van der Waals surface area (Å²) in [5, 5.41) is 12.9. The highest BCUT2D eigenvalue weighted by Gasteiger charge is 2.38. The van der Waals surface area contributed by atoms with Gasteiger partial charge in [-0.2, -0.15) is 0 Å². The Morgan fingerprint density at radius 2 is 2.44 bits per heavy atom. The first-order valence-electron chi connectivity index (χ1n) is 6.27. The molecule has 0 unspecified atom stereocenters. The topological polar surface area (TPSA) is 65.7 Å². The van der Waals surface area contributed by atoms with Crippen molar-refractivity contribution in [1.82, 2.24) is 10.2 Å². The Morgan fingerprint density at radius 3 is 3.06 bits per heavy atom. The SMILES string of the molecule is CC(C)(O)[C@H]1CCCN1C(=O)NCc1ccco1. The van der Waals surface area contributed by atoms with Gasteiger partial charge in [0, 0.05) is 6.54 Å². The molecule has 0 bridgehead atoms. The fourth-order valence-electron chi connectivity index (χ4n) is 2.42. The van der Waals surface area contributed by atoms with Gasteiger partial charge in [-0.15, -0.1) is 0 Å². The van der Waals surface area contributed by atoms with Crippen LogP contribution in [0.15, 0.2) is 22.8 Å². The third kappa shape index (κ3) is 2.85. The summed E-state index contributed by atoms with van der Waals surface area (Å²) in [7, 11) is 0. The molecular formula is C13H20N2O3. The third-order valence-corrected chi connectivity index (χ3v) is 3.32. The first kappa shape index (κ1) is 13.0. The molecule has 1 aromatic rings. The van der Waals surface area contributed by atoms with Crippen molar-refractivity contribution in [1.29, 1.82) is 0 Å². The minimum absolute atomic E-state index is 0.117. The van der Waals surface area contributed by atoms with Gasteiger partial charge in [0.15, 0.2) is 0 Å². The summed E-state index contributed by atoms with van der Waals surface area (Å²) in [5.41, 5.74) is -0.863. The highest BCUT2D eigenvalue weighted by atomic mass is 16.3. The van der Waals surface area contributed by atoms with Crippen LogP contribution in [0, 0.1) is 0 Å². The number of hydrogen-bond donors (Lipinski definition) is 2. The van der Waals surface area contributed by atoms with Crippen LogP contribution < -0.4 is 5.32 Å². The normalized spacial score (nSPS) is 20.2. The van der Waals surface area contributed by atoms with E-state index in [4.69, 9.17) is 4.42 Å². The molecule has 2 amide bonds. The van der Waals surface area contributed by atoms with E-state index < -0.39 is 5.60 Å². The molecule has 0 aliphatic carbocycles. The number of rotatable bonds is 3. The van der Waals surface area contributed by atoms with E-state index >= 15 is 0 Å². The predicted molar refractivity (Wildman–Crippen MR) is 67.0 cm³/mol. The van der Waals surface area contributed by atoms with E-state index in [2.05, 4.69) is 5.32 Å². The maximum Gasteiger partial charge on any atom is 0.318 e. The fraction of sp³-hybridized carbons (Fsp3) is 0.615. The van der Waals surface area contributed by atoms with Gasteiger partial charge >= 0.3 is 6.03 Å². The van der Waals surface area contributed by atoms with Crippen molar-refractivity contribution in [2.24, 2.45) is 0 Å². The summed E-state index contributed by atoms with van der Waals surface area (Å²) in [4.78, 5) is 13.8. The summed E-state index contributed by atoms with van der Waals surface area (Å²) < 4.78 is 5.16. The molecule has 1 fully saturated rings. The zero-order valence-electron chi connectivity index (χ0n) is 10.8. The third-order valence-electron chi connectivity index (χ3n) is 3.32. The van der Waals surface area contributed by atoms with E-state index in [1.165, 1.54) is 0 Å². The van der Waals surface area contributed by atoms with Gasteiger partial charge in [0.2, 0.25) is 0 Å². The molecule has 100 valence electrons. The minimum Gasteiger partial charge on any atom is -0.467 e. The standard InChI is InChI=1S/C13H20N2O3/c1-13(2,17)11-6-3-7-15(11)12(16)14-9-10-5-4-8-18-10/h4-5,8,11,17H,3,6-7,9H2,1-2H3,(H,14,16)/t11-/m1/s1. The lowest BCUT2D eigenvalue weighted by molar-refractivity contribution is 0.00974. The molecule has 2 N–H and O–H groups in total. The van der Waals surface area contributed by atoms with Crippen LogP contribution in [0.1, 0.15) is 32.4 Å². The van der Waals surface area contributed by atoms with Crippen molar-refractivity contribution in [2.45, 2.75) is 44.9 Å². The van der Waals surface area contributed by atoms with Gasteiger partial charge in [-0.25, -0.2) is 4.79 Å². The molecule has 2 heterocycles. The average Bonchev–Trinajstić information content (AvgIpc) is 2.95. The zero-order chi connectivity index (χ0) is 13.2. The lowest BCUT2D eigenvalue weighted by Gasteiger charge is -2.33. The molecule has 0 spiro atoms. The van der Waals surface area contributed by atoms with Gasteiger partial charge in [-0.1, -0.05) is 0 Å². The Kier molecular flexibility index (Phi) is 3.61. The van der Waals surface area contributed by atoms with Crippen LogP contribution in [0.3, 0.4) is 0 Å². The van der Waals surface area contributed by atoms with Crippen molar-refractivity contribution in [3.05, 3.63) is 24.2 Å². The Hall–Kier alpha value is -1.49. The van der Waals surface area contributed by atoms with E-state index in [-0.39, 0.29) is 12.1 Å². The second-order valence-corrected chi connectivity index (χ2v) is 5.24. The molecular weight excluding hydrogens is 232 g/mol. The zero-order valence-corrected chi connectivity index (χ0v) is 10.8. The molecule has 1 aliphatic rings. The van der Waals surface area contributed by atoms with Crippen molar-refractivity contribution in [3.63, 3.8) is 0 Å². The molecule has 1 aliphatic heterocycles. The number of carbonyl (C=O) groups is 1. The van der Waals surface area contributed by atoms with E-state index in [1.807, 2.05) is 6.07 Å². The second-order valence-electron chi connectivity index (χ2n) is 5.24. The minimum atomic E-state index is -0.863. The summed E-state index contributed by atoms with van der Waals surface area (Å²) in [6.45, 7) is 4.56. The molecule has 2 rings (SSSR count). The highest BCUT2D eigenvalue weighted by Crippen LogP contribution is 2.26. The maximum atomic E-state index is 12.1. The number of nitrogens with one attached hydrogen (secondary N) is 1.